The Morgan fingerprint density at radius 1 is 2.00 bits per heavy atom. The Morgan fingerprint density at radius 3 is 3.30 bits per heavy atom. The average molecular weight is 157 g/mol. The largest absolute Gasteiger partial charge is 0.453 e. The Kier molecular flexibility index (Phi) is 2.22. The summed E-state index contributed by atoms with van der Waals surface area (Å²) >= 11 is 1.22. The van der Waals surface area contributed by atoms with Crippen LogP contribution in [0, 0.1) is 5.38 Å². The van der Waals surface area contributed by atoms with Crippen molar-refractivity contribution in [3.63, 3.8) is 0 Å². The van der Waals surface area contributed by atoms with E-state index in [2.05, 4.69) is 20.4 Å². The quantitative estimate of drug-likeness (QED) is 0.664. The molecule has 1 radical (unpaired) electrons. The van der Waals surface area contributed by atoms with Gasteiger partial charge in [-0.1, -0.05) is 11.3 Å². The number of aromatic nitrogens is 1. The summed E-state index contributed by atoms with van der Waals surface area (Å²) in [5.41, 5.74) is 0. The first kappa shape index (κ1) is 7.01. The Hall–Kier alpha value is -1.10. The van der Waals surface area contributed by atoms with E-state index in [1.165, 1.54) is 24.6 Å². The van der Waals surface area contributed by atoms with Gasteiger partial charge in [0.2, 0.25) is 0 Å². The van der Waals surface area contributed by atoms with Gasteiger partial charge < -0.3 is 4.74 Å². The molecule has 0 aromatic carbocycles. The Bertz CT molecular complexity index is 209. The van der Waals surface area contributed by atoms with Crippen molar-refractivity contribution in [2.75, 3.05) is 12.4 Å². The molecule has 53 valence electrons. The molecule has 10 heavy (non-hydrogen) atoms. The molecule has 0 fully saturated rings. The van der Waals surface area contributed by atoms with Crippen molar-refractivity contribution in [3.05, 3.63) is 11.6 Å². The van der Waals surface area contributed by atoms with Crippen LogP contribution in [0.2, 0.25) is 0 Å². The van der Waals surface area contributed by atoms with Crippen molar-refractivity contribution >= 4 is 22.6 Å². The zero-order chi connectivity index (χ0) is 7.40. The number of carbonyl (C=O) groups is 1. The van der Waals surface area contributed by atoms with Crippen LogP contribution in [-0.4, -0.2) is 18.2 Å². The topological polar surface area (TPSA) is 51.2 Å². The number of hydrogen-bond acceptors (Lipinski definition) is 4. The lowest BCUT2D eigenvalue weighted by Gasteiger charge is -1.95. The molecule has 1 aromatic rings. The first-order valence-electron chi connectivity index (χ1n) is 2.50. The summed E-state index contributed by atoms with van der Waals surface area (Å²) in [7, 11) is 1.30. The van der Waals surface area contributed by atoms with Gasteiger partial charge >= 0.3 is 6.09 Å². The first-order chi connectivity index (χ1) is 4.83. The summed E-state index contributed by atoms with van der Waals surface area (Å²) < 4.78 is 4.33. The fourth-order valence-corrected chi connectivity index (χ4v) is 0.846. The van der Waals surface area contributed by atoms with Gasteiger partial charge in [-0.15, -0.1) is 0 Å². The number of rotatable bonds is 1. The predicted molar refractivity (Wildman–Crippen MR) is 37.0 cm³/mol. The maximum absolute atomic E-state index is 10.5. The van der Waals surface area contributed by atoms with Crippen LogP contribution in [0.1, 0.15) is 0 Å². The van der Waals surface area contributed by atoms with Gasteiger partial charge in [-0.3, -0.25) is 5.32 Å². The molecule has 0 bridgehead atoms. The molecular weight excluding hydrogens is 152 g/mol. The second-order valence-corrected chi connectivity index (χ2v) is 2.23. The summed E-state index contributed by atoms with van der Waals surface area (Å²) in [5.74, 6) is 0. The van der Waals surface area contributed by atoms with Crippen molar-refractivity contribution in [3.8, 4) is 0 Å². The Labute approximate surface area is 61.8 Å². The van der Waals surface area contributed by atoms with E-state index < -0.39 is 6.09 Å². The molecule has 1 N–H and O–H groups in total. The maximum Gasteiger partial charge on any atom is 0.413 e. The highest BCUT2D eigenvalue weighted by atomic mass is 32.1. The third-order valence-electron chi connectivity index (χ3n) is 0.784. The Morgan fingerprint density at radius 2 is 2.80 bits per heavy atom. The molecule has 0 saturated heterocycles. The van der Waals surface area contributed by atoms with Crippen molar-refractivity contribution in [1.29, 1.82) is 0 Å². The fraction of sp³-hybridized carbons (Fsp3) is 0.200. The van der Waals surface area contributed by atoms with Crippen molar-refractivity contribution in [1.82, 2.24) is 4.98 Å². The molecule has 1 heterocycles. The van der Waals surface area contributed by atoms with E-state index in [0.29, 0.717) is 5.13 Å². The maximum atomic E-state index is 10.5. The molecule has 0 atom stereocenters. The first-order valence-corrected chi connectivity index (χ1v) is 3.31. The van der Waals surface area contributed by atoms with E-state index in [-0.39, 0.29) is 0 Å². The van der Waals surface area contributed by atoms with Crippen LogP contribution < -0.4 is 5.32 Å². The van der Waals surface area contributed by atoms with Crippen LogP contribution in [0.3, 0.4) is 0 Å². The third kappa shape index (κ3) is 1.70. The van der Waals surface area contributed by atoms with Gasteiger partial charge in [0.05, 0.1) is 12.5 Å². The van der Waals surface area contributed by atoms with E-state index in [9.17, 15) is 4.79 Å². The van der Waals surface area contributed by atoms with E-state index in [1.807, 2.05) is 0 Å². The molecule has 0 aliphatic carbocycles. The standard InChI is InChI=1S/C5H5N2O2S/c1-9-5(8)7-4-6-2-3-10-4/h2H,1H3,(H,6,7,8). The van der Waals surface area contributed by atoms with E-state index >= 15 is 0 Å². The van der Waals surface area contributed by atoms with Gasteiger partial charge in [0.1, 0.15) is 0 Å². The average Bonchev–Trinajstić information content (AvgIpc) is 2.40. The molecular formula is C5H5N2O2S. The van der Waals surface area contributed by atoms with Crippen LogP contribution in [0.5, 0.6) is 0 Å². The van der Waals surface area contributed by atoms with Gasteiger partial charge in [0.15, 0.2) is 5.13 Å². The molecule has 1 aromatic heterocycles. The Balaban J connectivity index is 2.48. The van der Waals surface area contributed by atoms with Gasteiger partial charge in [0, 0.05) is 6.20 Å². The highest BCUT2D eigenvalue weighted by Crippen LogP contribution is 2.08. The molecule has 0 aliphatic heterocycles. The van der Waals surface area contributed by atoms with Gasteiger partial charge in [0.25, 0.3) is 0 Å². The van der Waals surface area contributed by atoms with E-state index in [4.69, 9.17) is 0 Å². The van der Waals surface area contributed by atoms with Crippen LogP contribution >= 0.6 is 11.3 Å². The van der Waals surface area contributed by atoms with Crippen LogP contribution in [0.4, 0.5) is 9.93 Å². The molecule has 0 aliphatic rings. The monoisotopic (exact) mass is 157 g/mol. The number of nitrogens with one attached hydrogen (secondary N) is 1. The van der Waals surface area contributed by atoms with Gasteiger partial charge in [-0.05, 0) is 0 Å². The molecule has 0 spiro atoms. The number of anilines is 1. The zero-order valence-electron chi connectivity index (χ0n) is 5.25. The van der Waals surface area contributed by atoms with E-state index in [1.54, 1.807) is 0 Å². The summed E-state index contributed by atoms with van der Waals surface area (Å²) in [4.78, 5) is 14.3. The lowest BCUT2D eigenvalue weighted by molar-refractivity contribution is 0.187. The highest BCUT2D eigenvalue weighted by molar-refractivity contribution is 7.13. The minimum atomic E-state index is -0.511. The number of amides is 1. The number of carbonyl (C=O) groups excluding carboxylic acids is 1. The van der Waals surface area contributed by atoms with Crippen LogP contribution in [-0.2, 0) is 4.74 Å². The SMILES string of the molecule is COC(=O)Nc1nc[c]s1. The summed E-state index contributed by atoms with van der Waals surface area (Å²) in [6.07, 6.45) is 0.971. The number of hydrogen-bond donors (Lipinski definition) is 1. The third-order valence-corrected chi connectivity index (χ3v) is 1.41. The number of methoxy groups -OCH3 is 1. The number of nitrogens with zero attached hydrogens (tertiary/aromatic N) is 1. The van der Waals surface area contributed by atoms with Gasteiger partial charge in [-0.2, -0.15) is 0 Å². The van der Waals surface area contributed by atoms with Crippen molar-refractivity contribution < 1.29 is 9.53 Å². The molecule has 1 rings (SSSR count). The summed E-state index contributed by atoms with van der Waals surface area (Å²) in [5, 5.41) is 5.60. The lowest BCUT2D eigenvalue weighted by atomic mass is 11.0. The molecule has 4 nitrogen and oxygen atoms in total. The van der Waals surface area contributed by atoms with Crippen molar-refractivity contribution in [2.45, 2.75) is 0 Å². The van der Waals surface area contributed by atoms with Crippen LogP contribution in [0.25, 0.3) is 0 Å². The zero-order valence-corrected chi connectivity index (χ0v) is 6.07. The number of thiazole rings is 1. The molecule has 1 amide bonds. The molecule has 5 heteroatoms. The molecule has 0 unspecified atom stereocenters. The minimum absolute atomic E-state index is 0.492. The second-order valence-electron chi connectivity index (χ2n) is 1.40. The van der Waals surface area contributed by atoms with Crippen molar-refractivity contribution in [2.24, 2.45) is 0 Å². The van der Waals surface area contributed by atoms with E-state index in [0.717, 1.165) is 0 Å². The predicted octanol–water partition coefficient (Wildman–Crippen LogP) is 1.12. The lowest BCUT2D eigenvalue weighted by Crippen LogP contribution is -2.10. The second kappa shape index (κ2) is 3.17. The van der Waals surface area contributed by atoms with Gasteiger partial charge in [-0.25, -0.2) is 9.78 Å². The minimum Gasteiger partial charge on any atom is -0.453 e. The summed E-state index contributed by atoms with van der Waals surface area (Å²) in [6.45, 7) is 0. The highest BCUT2D eigenvalue weighted by Gasteiger charge is 2.00. The van der Waals surface area contributed by atoms with Crippen LogP contribution in [0.15, 0.2) is 6.20 Å². The fourth-order valence-electron chi connectivity index (χ4n) is 0.390. The normalized spacial score (nSPS) is 8.90. The molecule has 0 saturated carbocycles. The smallest absolute Gasteiger partial charge is 0.413 e. The number of ether oxygens (including phenoxy) is 1. The summed E-state index contributed by atoms with van der Waals surface area (Å²) in [6, 6.07) is 0.